The number of ether oxygens (including phenoxy) is 1. The summed E-state index contributed by atoms with van der Waals surface area (Å²) in [6.45, 7) is 7.14. The number of nitrogens with two attached hydrogens (primary N) is 1. The first-order chi connectivity index (χ1) is 6.61. The molecular formula is C11H26N2O. The zero-order valence-electron chi connectivity index (χ0n) is 10.1. The van der Waals surface area contributed by atoms with Crippen molar-refractivity contribution in [3.8, 4) is 0 Å². The fourth-order valence-electron chi connectivity index (χ4n) is 1.64. The average Bonchev–Trinajstić information content (AvgIpc) is 2.14. The van der Waals surface area contributed by atoms with Gasteiger partial charge in [-0.2, -0.15) is 0 Å². The molecule has 14 heavy (non-hydrogen) atoms. The molecule has 0 aromatic rings. The second-order valence-corrected chi connectivity index (χ2v) is 4.35. The van der Waals surface area contributed by atoms with Gasteiger partial charge in [-0.05, 0) is 25.8 Å². The second-order valence-electron chi connectivity index (χ2n) is 4.35. The highest BCUT2D eigenvalue weighted by molar-refractivity contribution is 4.71. The highest BCUT2D eigenvalue weighted by Gasteiger charge is 2.13. The van der Waals surface area contributed by atoms with Gasteiger partial charge in [-0.15, -0.1) is 0 Å². The zero-order valence-corrected chi connectivity index (χ0v) is 10.1. The first kappa shape index (κ1) is 13.9. The number of hydrogen-bond donors (Lipinski definition) is 1. The third kappa shape index (κ3) is 6.35. The number of nitrogens with zero attached hydrogens (tertiary/aromatic N) is 1. The fourth-order valence-corrected chi connectivity index (χ4v) is 1.64. The molecule has 1 unspecified atom stereocenters. The summed E-state index contributed by atoms with van der Waals surface area (Å²) >= 11 is 0. The van der Waals surface area contributed by atoms with Crippen LogP contribution in [0.2, 0.25) is 0 Å². The van der Waals surface area contributed by atoms with Crippen molar-refractivity contribution in [2.75, 3.05) is 33.9 Å². The molecule has 2 N–H and O–H groups in total. The molecule has 0 aromatic carbocycles. The third-order valence-corrected chi connectivity index (χ3v) is 2.50. The fraction of sp³-hybridized carbons (Fsp3) is 1.00. The van der Waals surface area contributed by atoms with Crippen LogP contribution in [-0.2, 0) is 4.74 Å². The molecule has 3 heteroatoms. The van der Waals surface area contributed by atoms with Crippen molar-refractivity contribution in [2.24, 2.45) is 11.7 Å². The van der Waals surface area contributed by atoms with E-state index in [1.54, 1.807) is 7.11 Å². The van der Waals surface area contributed by atoms with Crippen molar-refractivity contribution in [3.63, 3.8) is 0 Å². The van der Waals surface area contributed by atoms with Crippen LogP contribution in [0.1, 0.15) is 26.7 Å². The van der Waals surface area contributed by atoms with Gasteiger partial charge in [-0.25, -0.2) is 0 Å². The van der Waals surface area contributed by atoms with Gasteiger partial charge in [0.1, 0.15) is 0 Å². The summed E-state index contributed by atoms with van der Waals surface area (Å²) < 4.78 is 5.03. The maximum atomic E-state index is 5.75. The van der Waals surface area contributed by atoms with E-state index >= 15 is 0 Å². The maximum Gasteiger partial charge on any atom is 0.0474 e. The Morgan fingerprint density at radius 1 is 1.36 bits per heavy atom. The van der Waals surface area contributed by atoms with Gasteiger partial charge >= 0.3 is 0 Å². The van der Waals surface area contributed by atoms with E-state index < -0.39 is 0 Å². The van der Waals surface area contributed by atoms with Crippen LogP contribution in [-0.4, -0.2) is 44.8 Å². The maximum absolute atomic E-state index is 5.75. The molecule has 0 aromatic heterocycles. The molecule has 0 aliphatic rings. The molecule has 0 rings (SSSR count). The first-order valence-electron chi connectivity index (χ1n) is 5.51. The van der Waals surface area contributed by atoms with Crippen molar-refractivity contribution in [2.45, 2.75) is 32.7 Å². The summed E-state index contributed by atoms with van der Waals surface area (Å²) in [6, 6.07) is 0.520. The van der Waals surface area contributed by atoms with Crippen LogP contribution in [0, 0.1) is 5.92 Å². The quantitative estimate of drug-likeness (QED) is 0.603. The molecule has 0 saturated heterocycles. The summed E-state index contributed by atoms with van der Waals surface area (Å²) in [5.41, 5.74) is 5.75. The predicted molar refractivity (Wildman–Crippen MR) is 61.4 cm³/mol. The van der Waals surface area contributed by atoms with Crippen molar-refractivity contribution in [1.82, 2.24) is 4.90 Å². The van der Waals surface area contributed by atoms with Crippen molar-refractivity contribution < 1.29 is 4.74 Å². The largest absolute Gasteiger partial charge is 0.385 e. The van der Waals surface area contributed by atoms with E-state index in [1.165, 1.54) is 6.42 Å². The Hall–Kier alpha value is -0.120. The number of hydrogen-bond acceptors (Lipinski definition) is 3. The van der Waals surface area contributed by atoms with Gasteiger partial charge < -0.3 is 15.4 Å². The normalized spacial score (nSPS) is 13.9. The van der Waals surface area contributed by atoms with E-state index in [0.717, 1.165) is 26.1 Å². The Bertz CT molecular complexity index is 128. The van der Waals surface area contributed by atoms with Gasteiger partial charge in [0.15, 0.2) is 0 Å². The Morgan fingerprint density at radius 2 is 2.00 bits per heavy atom. The van der Waals surface area contributed by atoms with Crippen molar-refractivity contribution >= 4 is 0 Å². The van der Waals surface area contributed by atoms with Gasteiger partial charge in [-0.1, -0.05) is 13.8 Å². The van der Waals surface area contributed by atoms with Gasteiger partial charge in [0, 0.05) is 32.8 Å². The zero-order chi connectivity index (χ0) is 11.0. The van der Waals surface area contributed by atoms with Gasteiger partial charge in [0.05, 0.1) is 0 Å². The van der Waals surface area contributed by atoms with E-state index in [1.807, 2.05) is 0 Å². The molecule has 0 saturated carbocycles. The first-order valence-corrected chi connectivity index (χ1v) is 5.51. The Morgan fingerprint density at radius 3 is 2.43 bits per heavy atom. The molecule has 0 amide bonds. The molecule has 0 heterocycles. The van der Waals surface area contributed by atoms with Gasteiger partial charge in [0.2, 0.25) is 0 Å². The summed E-state index contributed by atoms with van der Waals surface area (Å²) in [6.07, 6.45) is 2.27. The predicted octanol–water partition coefficient (Wildman–Crippen LogP) is 1.33. The van der Waals surface area contributed by atoms with Crippen LogP contribution in [0.25, 0.3) is 0 Å². The van der Waals surface area contributed by atoms with Crippen LogP contribution in [0.3, 0.4) is 0 Å². The van der Waals surface area contributed by atoms with Crippen molar-refractivity contribution in [3.05, 3.63) is 0 Å². The minimum atomic E-state index is 0.520. The minimum absolute atomic E-state index is 0.520. The molecule has 0 aliphatic heterocycles. The lowest BCUT2D eigenvalue weighted by Gasteiger charge is -2.28. The van der Waals surface area contributed by atoms with Crippen LogP contribution >= 0.6 is 0 Å². The second kappa shape index (κ2) is 8.21. The molecule has 3 nitrogen and oxygen atoms in total. The van der Waals surface area contributed by atoms with E-state index in [9.17, 15) is 0 Å². The standard InChI is InChI=1S/C11H26N2O/c1-10(2)8-11(9-12)13(3)6-5-7-14-4/h10-11H,5-9,12H2,1-4H3. The van der Waals surface area contributed by atoms with Crippen LogP contribution in [0.15, 0.2) is 0 Å². The Balaban J connectivity index is 3.73. The molecule has 0 aliphatic carbocycles. The smallest absolute Gasteiger partial charge is 0.0474 e. The van der Waals surface area contributed by atoms with Crippen molar-refractivity contribution in [1.29, 1.82) is 0 Å². The van der Waals surface area contributed by atoms with Gasteiger partial charge in [-0.3, -0.25) is 0 Å². The third-order valence-electron chi connectivity index (χ3n) is 2.50. The van der Waals surface area contributed by atoms with E-state index in [0.29, 0.717) is 12.0 Å². The Labute approximate surface area is 88.6 Å². The van der Waals surface area contributed by atoms with Crippen LogP contribution < -0.4 is 5.73 Å². The lowest BCUT2D eigenvalue weighted by atomic mass is 10.0. The Kier molecular flexibility index (Phi) is 8.14. The molecule has 0 fully saturated rings. The van der Waals surface area contributed by atoms with E-state index in [2.05, 4.69) is 25.8 Å². The highest BCUT2D eigenvalue weighted by atomic mass is 16.5. The number of rotatable bonds is 8. The van der Waals surface area contributed by atoms with Crippen LogP contribution in [0.5, 0.6) is 0 Å². The lowest BCUT2D eigenvalue weighted by molar-refractivity contribution is 0.159. The van der Waals surface area contributed by atoms with Gasteiger partial charge in [0.25, 0.3) is 0 Å². The SMILES string of the molecule is COCCCN(C)C(CN)CC(C)C. The summed E-state index contributed by atoms with van der Waals surface area (Å²) in [5, 5.41) is 0. The molecule has 0 bridgehead atoms. The topological polar surface area (TPSA) is 38.5 Å². The number of likely N-dealkylation sites (N-methyl/N-ethyl adjacent to an activating group) is 1. The summed E-state index contributed by atoms with van der Waals surface area (Å²) in [5.74, 6) is 0.716. The molecule has 0 spiro atoms. The average molecular weight is 202 g/mol. The van der Waals surface area contributed by atoms with E-state index in [4.69, 9.17) is 10.5 Å². The summed E-state index contributed by atoms with van der Waals surface area (Å²) in [4.78, 5) is 2.35. The molecule has 86 valence electrons. The van der Waals surface area contributed by atoms with Crippen LogP contribution in [0.4, 0.5) is 0 Å². The molecular weight excluding hydrogens is 176 g/mol. The number of methoxy groups -OCH3 is 1. The lowest BCUT2D eigenvalue weighted by Crippen LogP contribution is -2.39. The monoisotopic (exact) mass is 202 g/mol. The summed E-state index contributed by atoms with van der Waals surface area (Å²) in [7, 11) is 3.89. The van der Waals surface area contributed by atoms with E-state index in [-0.39, 0.29) is 0 Å². The highest BCUT2D eigenvalue weighted by Crippen LogP contribution is 2.09. The minimum Gasteiger partial charge on any atom is -0.385 e. The molecule has 0 radical (unpaired) electrons. The molecule has 1 atom stereocenters.